The van der Waals surface area contributed by atoms with Gasteiger partial charge in [-0.3, -0.25) is 0 Å². The second-order valence-corrected chi connectivity index (χ2v) is 3.22. The smallest absolute Gasteiger partial charge is 0.200 e. The molecule has 0 aromatic carbocycles. The van der Waals surface area contributed by atoms with Crippen LogP contribution in [0.25, 0.3) is 0 Å². The molecule has 0 radical (unpaired) electrons. The Balaban J connectivity index is 3.22. The first-order valence-electron chi connectivity index (χ1n) is 2.41. The second kappa shape index (κ2) is 2.22. The molecule has 0 aliphatic heterocycles. The van der Waals surface area contributed by atoms with E-state index in [0.29, 0.717) is 0 Å². The Morgan fingerprint density at radius 2 is 2.30 bits per heavy atom. The van der Waals surface area contributed by atoms with Crippen molar-refractivity contribution in [1.29, 1.82) is 0 Å². The summed E-state index contributed by atoms with van der Waals surface area (Å²) in [7, 11) is -3.45. The average Bonchev–Trinajstić information content (AvgIpc) is 2.38. The SMILES string of the molecule is C=CS(=O)(=O)n1ccnn1. The van der Waals surface area contributed by atoms with Crippen LogP contribution in [0.2, 0.25) is 0 Å². The molecule has 0 saturated heterocycles. The summed E-state index contributed by atoms with van der Waals surface area (Å²) >= 11 is 0. The summed E-state index contributed by atoms with van der Waals surface area (Å²) in [5, 5.41) is 7.40. The van der Waals surface area contributed by atoms with Gasteiger partial charge in [-0.05, 0) is 0 Å². The van der Waals surface area contributed by atoms with Gasteiger partial charge in [0.1, 0.15) is 0 Å². The van der Waals surface area contributed by atoms with Gasteiger partial charge in [-0.15, -0.1) is 9.19 Å². The van der Waals surface area contributed by atoms with Crippen LogP contribution in [-0.4, -0.2) is 22.8 Å². The van der Waals surface area contributed by atoms with E-state index < -0.39 is 10.0 Å². The van der Waals surface area contributed by atoms with Crippen LogP contribution in [0.3, 0.4) is 0 Å². The lowest BCUT2D eigenvalue weighted by molar-refractivity contribution is 0.586. The minimum Gasteiger partial charge on any atom is -0.200 e. The Labute approximate surface area is 58.0 Å². The lowest BCUT2D eigenvalue weighted by Gasteiger charge is -1.92. The summed E-state index contributed by atoms with van der Waals surface area (Å²) < 4.78 is 22.3. The first-order valence-corrected chi connectivity index (χ1v) is 3.91. The minimum absolute atomic E-state index is 0.736. The van der Waals surface area contributed by atoms with Gasteiger partial charge in [-0.2, -0.15) is 8.42 Å². The van der Waals surface area contributed by atoms with Gasteiger partial charge in [0.05, 0.1) is 12.4 Å². The van der Waals surface area contributed by atoms with E-state index >= 15 is 0 Å². The first kappa shape index (κ1) is 6.94. The maximum Gasteiger partial charge on any atom is 0.276 e. The molecule has 0 unspecified atom stereocenters. The fourth-order valence-corrected chi connectivity index (χ4v) is 0.930. The summed E-state index contributed by atoms with van der Waals surface area (Å²) in [5.74, 6) is 0. The van der Waals surface area contributed by atoms with Gasteiger partial charge in [-0.25, -0.2) is 0 Å². The van der Waals surface area contributed by atoms with Crippen molar-refractivity contribution in [2.45, 2.75) is 0 Å². The number of aromatic nitrogens is 3. The lowest BCUT2D eigenvalue weighted by Crippen LogP contribution is -2.09. The normalized spacial score (nSPS) is 11.2. The molecular weight excluding hydrogens is 154 g/mol. The Morgan fingerprint density at radius 3 is 2.70 bits per heavy atom. The van der Waals surface area contributed by atoms with Crippen molar-refractivity contribution in [2.75, 3.05) is 0 Å². The van der Waals surface area contributed by atoms with Gasteiger partial charge in [0.15, 0.2) is 0 Å². The highest BCUT2D eigenvalue weighted by Crippen LogP contribution is 1.92. The van der Waals surface area contributed by atoms with Crippen molar-refractivity contribution in [1.82, 2.24) is 14.4 Å². The standard InChI is InChI=1S/C4H5N3O2S/c1-2-10(8,9)7-4-3-5-6-7/h2-4H,1H2. The van der Waals surface area contributed by atoms with E-state index in [2.05, 4.69) is 16.9 Å². The van der Waals surface area contributed by atoms with Crippen molar-refractivity contribution in [2.24, 2.45) is 0 Å². The molecule has 54 valence electrons. The molecular formula is C4H5N3O2S. The molecule has 1 rings (SSSR count). The molecule has 1 aromatic rings. The van der Waals surface area contributed by atoms with Crippen LogP contribution in [-0.2, 0) is 10.0 Å². The van der Waals surface area contributed by atoms with Crippen molar-refractivity contribution >= 4 is 10.0 Å². The zero-order valence-electron chi connectivity index (χ0n) is 5.01. The summed E-state index contributed by atoms with van der Waals surface area (Å²) in [6.07, 6.45) is 2.51. The number of hydrogen-bond donors (Lipinski definition) is 0. The van der Waals surface area contributed by atoms with E-state index in [1.807, 2.05) is 0 Å². The molecule has 0 bridgehead atoms. The van der Waals surface area contributed by atoms with Gasteiger partial charge in [0, 0.05) is 5.41 Å². The highest BCUT2D eigenvalue weighted by Gasteiger charge is 2.05. The molecule has 5 nitrogen and oxygen atoms in total. The van der Waals surface area contributed by atoms with Crippen molar-refractivity contribution in [3.05, 3.63) is 24.4 Å². The topological polar surface area (TPSA) is 64.8 Å². The van der Waals surface area contributed by atoms with Crippen LogP contribution < -0.4 is 0 Å². The van der Waals surface area contributed by atoms with E-state index in [9.17, 15) is 8.42 Å². The largest absolute Gasteiger partial charge is 0.276 e. The molecule has 0 N–H and O–H groups in total. The molecule has 0 atom stereocenters. The molecule has 1 aromatic heterocycles. The third-order valence-electron chi connectivity index (χ3n) is 0.872. The predicted molar refractivity (Wildman–Crippen MR) is 34.5 cm³/mol. The Kier molecular flexibility index (Phi) is 1.54. The molecule has 0 saturated carbocycles. The van der Waals surface area contributed by atoms with Gasteiger partial charge < -0.3 is 0 Å². The molecule has 0 spiro atoms. The zero-order valence-corrected chi connectivity index (χ0v) is 5.82. The van der Waals surface area contributed by atoms with Crippen LogP contribution in [0.4, 0.5) is 0 Å². The summed E-state index contributed by atoms with van der Waals surface area (Å²) in [6, 6.07) is 0. The maximum atomic E-state index is 10.8. The number of nitrogens with zero attached hydrogens (tertiary/aromatic N) is 3. The Bertz CT molecular complexity index is 312. The summed E-state index contributed by atoms with van der Waals surface area (Å²) in [6.45, 7) is 3.11. The van der Waals surface area contributed by atoms with E-state index in [0.717, 1.165) is 9.50 Å². The van der Waals surface area contributed by atoms with Crippen LogP contribution in [0.5, 0.6) is 0 Å². The second-order valence-electron chi connectivity index (χ2n) is 1.49. The molecule has 0 amide bonds. The Morgan fingerprint density at radius 1 is 1.60 bits per heavy atom. The van der Waals surface area contributed by atoms with Gasteiger partial charge in [0.25, 0.3) is 10.0 Å². The monoisotopic (exact) mass is 159 g/mol. The van der Waals surface area contributed by atoms with Crippen molar-refractivity contribution in [3.63, 3.8) is 0 Å². The molecule has 1 heterocycles. The highest BCUT2D eigenvalue weighted by molar-refractivity contribution is 7.92. The zero-order chi connectivity index (χ0) is 7.61. The van der Waals surface area contributed by atoms with E-state index in [1.54, 1.807) is 0 Å². The van der Waals surface area contributed by atoms with Gasteiger partial charge in [-0.1, -0.05) is 11.8 Å². The Hall–Kier alpha value is -1.17. The van der Waals surface area contributed by atoms with Crippen LogP contribution in [0.15, 0.2) is 24.4 Å². The third-order valence-corrected chi connectivity index (χ3v) is 2.01. The molecule has 0 fully saturated rings. The third kappa shape index (κ3) is 1.06. The fourth-order valence-electron chi connectivity index (χ4n) is 0.409. The molecule has 0 aliphatic rings. The summed E-state index contributed by atoms with van der Waals surface area (Å²) in [5.41, 5.74) is 0. The minimum atomic E-state index is -3.45. The van der Waals surface area contributed by atoms with Crippen molar-refractivity contribution < 1.29 is 8.42 Å². The van der Waals surface area contributed by atoms with Crippen molar-refractivity contribution in [3.8, 4) is 0 Å². The molecule has 0 aliphatic carbocycles. The summed E-state index contributed by atoms with van der Waals surface area (Å²) in [4.78, 5) is 0. The predicted octanol–water partition coefficient (Wildman–Crippen LogP) is -0.401. The van der Waals surface area contributed by atoms with Gasteiger partial charge in [0.2, 0.25) is 0 Å². The lowest BCUT2D eigenvalue weighted by atomic mass is 11.0. The molecule has 10 heavy (non-hydrogen) atoms. The quantitative estimate of drug-likeness (QED) is 0.589. The van der Waals surface area contributed by atoms with Crippen LogP contribution in [0.1, 0.15) is 0 Å². The van der Waals surface area contributed by atoms with Crippen LogP contribution in [0, 0.1) is 0 Å². The highest BCUT2D eigenvalue weighted by atomic mass is 32.2. The molecule has 6 heteroatoms. The number of rotatable bonds is 2. The van der Waals surface area contributed by atoms with E-state index in [1.165, 1.54) is 12.4 Å². The first-order chi connectivity index (χ1) is 4.67. The fraction of sp³-hybridized carbons (Fsp3) is 0. The van der Waals surface area contributed by atoms with Gasteiger partial charge >= 0.3 is 0 Å². The average molecular weight is 159 g/mol. The number of hydrogen-bond acceptors (Lipinski definition) is 4. The van der Waals surface area contributed by atoms with Crippen LogP contribution >= 0.6 is 0 Å². The van der Waals surface area contributed by atoms with E-state index in [4.69, 9.17) is 0 Å². The van der Waals surface area contributed by atoms with E-state index in [-0.39, 0.29) is 0 Å². The maximum absolute atomic E-state index is 10.8.